The van der Waals surface area contributed by atoms with Gasteiger partial charge in [-0.05, 0) is 19.8 Å². The first-order valence-electron chi connectivity index (χ1n) is 5.56. The van der Waals surface area contributed by atoms with Crippen LogP contribution in [0.1, 0.15) is 32.6 Å². The quantitative estimate of drug-likeness (QED) is 0.451. The summed E-state index contributed by atoms with van der Waals surface area (Å²) in [5.74, 6) is -0.835. The van der Waals surface area contributed by atoms with Gasteiger partial charge in [-0.2, -0.15) is 0 Å². The van der Waals surface area contributed by atoms with Gasteiger partial charge in [-0.15, -0.1) is 0 Å². The third-order valence-corrected chi connectivity index (χ3v) is 3.07. The average Bonchev–Trinajstić information content (AvgIpc) is 2.70. The normalized spacial score (nSPS) is 18.6. The van der Waals surface area contributed by atoms with E-state index in [2.05, 4.69) is 4.99 Å². The summed E-state index contributed by atoms with van der Waals surface area (Å²) >= 11 is 0. The summed E-state index contributed by atoms with van der Waals surface area (Å²) in [4.78, 5) is 16.8. The van der Waals surface area contributed by atoms with Crippen molar-refractivity contribution in [3.05, 3.63) is 0 Å². The van der Waals surface area contributed by atoms with Crippen LogP contribution in [0.15, 0.2) is 4.99 Å². The number of aliphatic carboxylic acids is 1. The van der Waals surface area contributed by atoms with Crippen LogP contribution in [0.5, 0.6) is 0 Å². The summed E-state index contributed by atoms with van der Waals surface area (Å²) in [5.41, 5.74) is 10.5. The van der Waals surface area contributed by atoms with Crippen molar-refractivity contribution in [1.29, 1.82) is 0 Å². The molecule has 1 saturated carbocycles. The Morgan fingerprint density at radius 1 is 1.50 bits per heavy atom. The molecule has 6 heteroatoms. The highest BCUT2D eigenvalue weighted by Gasteiger charge is 2.29. The molecule has 0 aromatic heterocycles. The molecule has 0 bridgehead atoms. The van der Waals surface area contributed by atoms with Gasteiger partial charge >= 0.3 is 5.97 Å². The van der Waals surface area contributed by atoms with E-state index >= 15 is 0 Å². The number of rotatable bonds is 5. The second-order valence-corrected chi connectivity index (χ2v) is 4.19. The number of carboxylic acids is 1. The molecule has 1 aliphatic rings. The fraction of sp³-hybridized carbons (Fsp3) is 0.800. The molecule has 6 nitrogen and oxygen atoms in total. The minimum absolute atomic E-state index is 0.000542. The predicted molar refractivity (Wildman–Crippen MR) is 61.9 cm³/mol. The highest BCUT2D eigenvalue weighted by molar-refractivity contribution is 5.76. The van der Waals surface area contributed by atoms with Gasteiger partial charge < -0.3 is 16.6 Å². The maximum Gasteiger partial charge on any atom is 0.320 e. The molecule has 0 saturated heterocycles. The van der Waals surface area contributed by atoms with E-state index in [0.29, 0.717) is 0 Å². The van der Waals surface area contributed by atoms with Gasteiger partial charge in [0, 0.05) is 6.04 Å². The molecule has 0 aromatic rings. The molecule has 0 radical (unpaired) electrons. The number of nitrogens with zero attached hydrogens (tertiary/aromatic N) is 2. The fourth-order valence-corrected chi connectivity index (χ4v) is 2.10. The molecular formula is C10H20N4O2. The van der Waals surface area contributed by atoms with Gasteiger partial charge in [0.25, 0.3) is 0 Å². The van der Waals surface area contributed by atoms with Crippen molar-refractivity contribution < 1.29 is 9.90 Å². The van der Waals surface area contributed by atoms with E-state index in [0.717, 1.165) is 25.7 Å². The maximum absolute atomic E-state index is 11.0. The summed E-state index contributed by atoms with van der Waals surface area (Å²) in [5, 5.41) is 9.03. The molecule has 0 spiro atoms. The highest BCUT2D eigenvalue weighted by atomic mass is 16.4. The minimum atomic E-state index is -0.835. The lowest BCUT2D eigenvalue weighted by Gasteiger charge is -2.30. The van der Waals surface area contributed by atoms with E-state index < -0.39 is 12.0 Å². The lowest BCUT2D eigenvalue weighted by atomic mass is 10.1. The zero-order valence-corrected chi connectivity index (χ0v) is 9.59. The summed E-state index contributed by atoms with van der Waals surface area (Å²) in [6, 6.07) is -0.264. The second kappa shape index (κ2) is 5.69. The van der Waals surface area contributed by atoms with Crippen molar-refractivity contribution in [1.82, 2.24) is 4.90 Å². The standard InChI is InChI=1S/C10H20N4O2/c1-7(9(15)16)14(6-13-10(11)12)8-4-2-3-5-8/h7-8H,2-6H2,1H3,(H,15,16)(H4,11,12,13)/t7-/m0/s1. The maximum atomic E-state index is 11.0. The number of hydrogen-bond donors (Lipinski definition) is 3. The molecule has 1 fully saturated rings. The van der Waals surface area contributed by atoms with Crippen molar-refractivity contribution in [3.63, 3.8) is 0 Å². The van der Waals surface area contributed by atoms with Gasteiger partial charge in [-0.3, -0.25) is 9.69 Å². The number of carbonyl (C=O) groups is 1. The van der Waals surface area contributed by atoms with E-state index in [4.69, 9.17) is 16.6 Å². The van der Waals surface area contributed by atoms with Crippen LogP contribution in [0.2, 0.25) is 0 Å². The molecule has 0 aromatic carbocycles. The Hall–Kier alpha value is -1.30. The Balaban J connectivity index is 2.67. The summed E-state index contributed by atoms with van der Waals surface area (Å²) < 4.78 is 0. The summed E-state index contributed by atoms with van der Waals surface area (Å²) in [6.07, 6.45) is 4.35. The van der Waals surface area contributed by atoms with Crippen LogP contribution < -0.4 is 11.5 Å². The number of hydrogen-bond acceptors (Lipinski definition) is 3. The third-order valence-electron chi connectivity index (χ3n) is 3.07. The van der Waals surface area contributed by atoms with Crippen molar-refractivity contribution in [2.45, 2.75) is 44.7 Å². The Bertz CT molecular complexity index is 270. The van der Waals surface area contributed by atoms with Crippen molar-refractivity contribution in [3.8, 4) is 0 Å². The molecule has 16 heavy (non-hydrogen) atoms. The Morgan fingerprint density at radius 2 is 2.06 bits per heavy atom. The van der Waals surface area contributed by atoms with Gasteiger partial charge in [0.1, 0.15) is 6.04 Å². The molecule has 1 aliphatic carbocycles. The molecule has 5 N–H and O–H groups in total. The van der Waals surface area contributed by atoms with Gasteiger partial charge in [-0.1, -0.05) is 12.8 Å². The van der Waals surface area contributed by atoms with Gasteiger partial charge in [-0.25, -0.2) is 4.99 Å². The molecular weight excluding hydrogens is 208 g/mol. The number of nitrogens with two attached hydrogens (primary N) is 2. The van der Waals surface area contributed by atoms with E-state index in [1.165, 1.54) is 0 Å². The molecule has 1 rings (SSSR count). The molecule has 0 amide bonds. The number of carboxylic acid groups (broad SMARTS) is 1. The van der Waals surface area contributed by atoms with E-state index in [1.54, 1.807) is 6.92 Å². The molecule has 0 heterocycles. The molecule has 1 atom stereocenters. The average molecular weight is 228 g/mol. The Labute approximate surface area is 95.3 Å². The monoisotopic (exact) mass is 228 g/mol. The zero-order valence-electron chi connectivity index (χ0n) is 9.59. The first kappa shape index (κ1) is 12.8. The van der Waals surface area contributed by atoms with Gasteiger partial charge in [0.2, 0.25) is 0 Å². The SMILES string of the molecule is C[C@@H](C(=O)O)N(CN=C(N)N)C1CCCC1. The van der Waals surface area contributed by atoms with Crippen molar-refractivity contribution in [2.24, 2.45) is 16.5 Å². The van der Waals surface area contributed by atoms with Crippen LogP contribution in [0.4, 0.5) is 0 Å². The van der Waals surface area contributed by atoms with Crippen LogP contribution in [0.3, 0.4) is 0 Å². The van der Waals surface area contributed by atoms with E-state index in [-0.39, 0.29) is 18.7 Å². The molecule has 0 aliphatic heterocycles. The zero-order chi connectivity index (χ0) is 12.1. The first-order valence-corrected chi connectivity index (χ1v) is 5.56. The lowest BCUT2D eigenvalue weighted by Crippen LogP contribution is -2.45. The third kappa shape index (κ3) is 3.37. The molecule has 0 unspecified atom stereocenters. The lowest BCUT2D eigenvalue weighted by molar-refractivity contribution is -0.143. The van der Waals surface area contributed by atoms with Crippen LogP contribution in [-0.2, 0) is 4.79 Å². The summed E-state index contributed by atoms with van der Waals surface area (Å²) in [6.45, 7) is 1.93. The smallest absolute Gasteiger partial charge is 0.320 e. The summed E-state index contributed by atoms with van der Waals surface area (Å²) in [7, 11) is 0. The predicted octanol–water partition coefficient (Wildman–Crippen LogP) is -0.0650. The largest absolute Gasteiger partial charge is 0.480 e. The second-order valence-electron chi connectivity index (χ2n) is 4.19. The van der Waals surface area contributed by atoms with Crippen LogP contribution >= 0.6 is 0 Å². The number of aliphatic imine (C=N–C) groups is 1. The number of guanidine groups is 1. The minimum Gasteiger partial charge on any atom is -0.480 e. The van der Waals surface area contributed by atoms with Crippen molar-refractivity contribution in [2.75, 3.05) is 6.67 Å². The van der Waals surface area contributed by atoms with E-state index in [9.17, 15) is 4.79 Å². The molecule has 92 valence electrons. The van der Waals surface area contributed by atoms with Crippen LogP contribution in [0.25, 0.3) is 0 Å². The Kier molecular flexibility index (Phi) is 4.54. The Morgan fingerprint density at radius 3 is 2.50 bits per heavy atom. The van der Waals surface area contributed by atoms with Crippen LogP contribution in [-0.4, -0.2) is 40.7 Å². The first-order chi connectivity index (χ1) is 7.52. The highest BCUT2D eigenvalue weighted by Crippen LogP contribution is 2.25. The van der Waals surface area contributed by atoms with Gasteiger partial charge in [0.05, 0.1) is 6.67 Å². The topological polar surface area (TPSA) is 105 Å². The fourth-order valence-electron chi connectivity index (χ4n) is 2.10. The van der Waals surface area contributed by atoms with E-state index in [1.807, 2.05) is 4.90 Å². The van der Waals surface area contributed by atoms with Gasteiger partial charge in [0.15, 0.2) is 5.96 Å². The van der Waals surface area contributed by atoms with Crippen molar-refractivity contribution >= 4 is 11.9 Å². The van der Waals surface area contributed by atoms with Crippen LogP contribution in [0, 0.1) is 0 Å².